The van der Waals surface area contributed by atoms with E-state index in [1.54, 1.807) is 24.3 Å². The highest BCUT2D eigenvalue weighted by Gasteiger charge is 2.45. The molecule has 0 aliphatic carbocycles. The lowest BCUT2D eigenvalue weighted by Crippen LogP contribution is -2.58. The van der Waals surface area contributed by atoms with Crippen LogP contribution in [0.15, 0.2) is 49.3 Å². The van der Waals surface area contributed by atoms with Crippen molar-refractivity contribution in [3.63, 3.8) is 0 Å². The van der Waals surface area contributed by atoms with Gasteiger partial charge in [-0.25, -0.2) is 0 Å². The average Bonchev–Trinajstić information content (AvgIpc) is 2.66. The lowest BCUT2D eigenvalue weighted by molar-refractivity contribution is -0.285. The van der Waals surface area contributed by atoms with Gasteiger partial charge in [0, 0.05) is 6.16 Å². The zero-order chi connectivity index (χ0) is 20.2. The van der Waals surface area contributed by atoms with Crippen LogP contribution >= 0.6 is 8.38 Å². The Bertz CT molecular complexity index is 502. The van der Waals surface area contributed by atoms with Crippen molar-refractivity contribution in [2.24, 2.45) is 0 Å². The first kappa shape index (κ1) is 24.0. The van der Waals surface area contributed by atoms with Crippen LogP contribution in [-0.2, 0) is 18.5 Å². The Kier molecular flexibility index (Phi) is 11.7. The lowest BCUT2D eigenvalue weighted by Gasteiger charge is -2.40. The summed E-state index contributed by atoms with van der Waals surface area (Å²) < 4.78 is 22.4. The molecule has 1 fully saturated rings. The maximum atomic E-state index is 10.2. The standard InChI is InChI=1S/C19H31O7P/c1-5-9-10-11-14(6-2)25-19-18(22)17(21)16(20)15(26-19)12-13-27(23-7-3)24-8-4/h5-6,9-11,15-22H,1-2,7-8,12-13H2,3-4H3/b10-9-,14-11+/t15?,16-,17?,18?,19+/m1/s1. The molecule has 1 aliphatic heterocycles. The fourth-order valence-electron chi connectivity index (χ4n) is 2.46. The number of ether oxygens (including phenoxy) is 2. The van der Waals surface area contributed by atoms with E-state index in [4.69, 9.17) is 18.5 Å². The molecule has 0 saturated carbocycles. The molecule has 7 nitrogen and oxygen atoms in total. The van der Waals surface area contributed by atoms with E-state index in [9.17, 15) is 15.3 Å². The fraction of sp³-hybridized carbons (Fsp3) is 0.579. The topological polar surface area (TPSA) is 97.6 Å². The highest BCUT2D eigenvalue weighted by Crippen LogP contribution is 2.40. The molecule has 0 aromatic carbocycles. The molecule has 0 bridgehead atoms. The van der Waals surface area contributed by atoms with Gasteiger partial charge >= 0.3 is 0 Å². The van der Waals surface area contributed by atoms with E-state index < -0.39 is 39.1 Å². The second-order valence-electron chi connectivity index (χ2n) is 5.71. The summed E-state index contributed by atoms with van der Waals surface area (Å²) in [7, 11) is -1.10. The largest absolute Gasteiger partial charge is 0.462 e. The second-order valence-corrected chi connectivity index (χ2v) is 7.34. The highest BCUT2D eigenvalue weighted by atomic mass is 31.2. The molecule has 1 heterocycles. The summed E-state index contributed by atoms with van der Waals surface area (Å²) in [4.78, 5) is 0. The maximum absolute atomic E-state index is 10.2. The van der Waals surface area contributed by atoms with Gasteiger partial charge in [-0.15, -0.1) is 0 Å². The van der Waals surface area contributed by atoms with E-state index in [0.717, 1.165) is 0 Å². The number of rotatable bonds is 12. The first-order valence-corrected chi connectivity index (χ1v) is 10.4. The molecular weight excluding hydrogens is 371 g/mol. The van der Waals surface area contributed by atoms with Crippen molar-refractivity contribution < 1.29 is 33.8 Å². The quantitative estimate of drug-likeness (QED) is 0.262. The van der Waals surface area contributed by atoms with Crippen molar-refractivity contribution in [2.75, 3.05) is 19.4 Å². The SMILES string of the molecule is C=C/C=C\C=C(/C=C)O[C@H]1OC(CCP(OCC)OCC)[C@@H](O)C(O)C1O. The molecule has 5 atom stereocenters. The Morgan fingerprint density at radius 2 is 1.70 bits per heavy atom. The maximum Gasteiger partial charge on any atom is 0.229 e. The van der Waals surface area contributed by atoms with Crippen molar-refractivity contribution in [3.05, 3.63) is 49.3 Å². The smallest absolute Gasteiger partial charge is 0.229 e. The van der Waals surface area contributed by atoms with Crippen LogP contribution in [-0.4, -0.2) is 65.4 Å². The minimum Gasteiger partial charge on any atom is -0.462 e. The predicted octanol–water partition coefficient (Wildman–Crippen LogP) is 2.40. The monoisotopic (exact) mass is 402 g/mol. The average molecular weight is 402 g/mol. The molecular formula is C19H31O7P. The molecule has 0 aromatic rings. The van der Waals surface area contributed by atoms with Crippen LogP contribution in [0.3, 0.4) is 0 Å². The number of hydrogen-bond acceptors (Lipinski definition) is 7. The molecule has 27 heavy (non-hydrogen) atoms. The number of aliphatic hydroxyl groups excluding tert-OH is 3. The third-order valence-electron chi connectivity index (χ3n) is 3.77. The molecule has 154 valence electrons. The first-order chi connectivity index (χ1) is 13.0. The minimum atomic E-state index is -1.40. The summed E-state index contributed by atoms with van der Waals surface area (Å²) >= 11 is 0. The van der Waals surface area contributed by atoms with Gasteiger partial charge in [0.1, 0.15) is 24.1 Å². The summed E-state index contributed by atoms with van der Waals surface area (Å²) in [6, 6.07) is 0. The summed E-state index contributed by atoms with van der Waals surface area (Å²) in [6.07, 6.45) is 3.10. The van der Waals surface area contributed by atoms with Crippen LogP contribution in [0.25, 0.3) is 0 Å². The Balaban J connectivity index is 2.77. The van der Waals surface area contributed by atoms with Crippen LogP contribution in [0.5, 0.6) is 0 Å². The lowest BCUT2D eigenvalue weighted by atomic mass is 9.97. The van der Waals surface area contributed by atoms with E-state index in [2.05, 4.69) is 13.2 Å². The number of aliphatic hydroxyl groups is 3. The van der Waals surface area contributed by atoms with Gasteiger partial charge in [-0.1, -0.05) is 31.4 Å². The summed E-state index contributed by atoms with van der Waals surface area (Å²) in [5.41, 5.74) is 0. The normalized spacial score (nSPS) is 29.3. The third-order valence-corrected chi connectivity index (χ3v) is 5.49. The number of allylic oxidation sites excluding steroid dienone is 5. The van der Waals surface area contributed by atoms with Crippen molar-refractivity contribution in [1.29, 1.82) is 0 Å². The van der Waals surface area contributed by atoms with Crippen molar-refractivity contribution >= 4 is 8.38 Å². The Morgan fingerprint density at radius 3 is 2.26 bits per heavy atom. The highest BCUT2D eigenvalue weighted by molar-refractivity contribution is 7.47. The molecule has 0 aromatic heterocycles. The van der Waals surface area contributed by atoms with Gasteiger partial charge in [0.15, 0.2) is 8.38 Å². The van der Waals surface area contributed by atoms with E-state index in [1.165, 1.54) is 6.08 Å². The molecule has 0 radical (unpaired) electrons. The van der Waals surface area contributed by atoms with Gasteiger partial charge in [-0.2, -0.15) is 0 Å². The zero-order valence-corrected chi connectivity index (χ0v) is 16.8. The molecule has 0 amide bonds. The van der Waals surface area contributed by atoms with Gasteiger partial charge < -0.3 is 33.8 Å². The van der Waals surface area contributed by atoms with Crippen LogP contribution in [0.4, 0.5) is 0 Å². The second kappa shape index (κ2) is 13.2. The van der Waals surface area contributed by atoms with Crippen LogP contribution in [0.2, 0.25) is 0 Å². The molecule has 1 rings (SSSR count). The summed E-state index contributed by atoms with van der Waals surface area (Å²) in [5, 5.41) is 30.6. The van der Waals surface area contributed by atoms with Gasteiger partial charge in [0.25, 0.3) is 0 Å². The van der Waals surface area contributed by atoms with Gasteiger partial charge in [0.05, 0.1) is 19.3 Å². The summed E-state index contributed by atoms with van der Waals surface area (Å²) in [5.74, 6) is 0.352. The van der Waals surface area contributed by atoms with Crippen LogP contribution in [0, 0.1) is 0 Å². The predicted molar refractivity (Wildman–Crippen MR) is 105 cm³/mol. The Morgan fingerprint density at radius 1 is 1.04 bits per heavy atom. The molecule has 1 aliphatic rings. The Hall–Kier alpha value is -1.05. The van der Waals surface area contributed by atoms with Crippen molar-refractivity contribution in [2.45, 2.75) is 51.0 Å². The fourth-order valence-corrected chi connectivity index (χ4v) is 3.83. The zero-order valence-electron chi connectivity index (χ0n) is 15.9. The molecule has 3 N–H and O–H groups in total. The molecule has 1 saturated heterocycles. The molecule has 8 heteroatoms. The number of hydrogen-bond donors (Lipinski definition) is 3. The van der Waals surface area contributed by atoms with Crippen LogP contribution in [0.1, 0.15) is 20.3 Å². The molecule has 3 unspecified atom stereocenters. The van der Waals surface area contributed by atoms with Crippen molar-refractivity contribution in [3.8, 4) is 0 Å². The Labute approximate surface area is 162 Å². The third kappa shape index (κ3) is 7.84. The van der Waals surface area contributed by atoms with E-state index >= 15 is 0 Å². The van der Waals surface area contributed by atoms with Crippen LogP contribution < -0.4 is 0 Å². The minimum absolute atomic E-state index is 0.352. The van der Waals surface area contributed by atoms with Gasteiger partial charge in [-0.3, -0.25) is 0 Å². The van der Waals surface area contributed by atoms with E-state index in [-0.39, 0.29) is 0 Å². The molecule has 0 spiro atoms. The van der Waals surface area contributed by atoms with Crippen molar-refractivity contribution in [1.82, 2.24) is 0 Å². The van der Waals surface area contributed by atoms with E-state index in [1.807, 2.05) is 13.8 Å². The van der Waals surface area contributed by atoms with E-state index in [0.29, 0.717) is 31.6 Å². The summed E-state index contributed by atoms with van der Waals surface area (Å²) in [6.45, 7) is 12.0. The van der Waals surface area contributed by atoms with Gasteiger partial charge in [0.2, 0.25) is 6.29 Å². The first-order valence-electron chi connectivity index (χ1n) is 8.99. The van der Waals surface area contributed by atoms with Gasteiger partial charge in [-0.05, 0) is 32.4 Å².